The summed E-state index contributed by atoms with van der Waals surface area (Å²) in [5, 5.41) is 8.68. The van der Waals surface area contributed by atoms with Gasteiger partial charge in [-0.25, -0.2) is 4.72 Å². The minimum absolute atomic E-state index is 0.274. The van der Waals surface area contributed by atoms with Gasteiger partial charge in [0.2, 0.25) is 0 Å². The van der Waals surface area contributed by atoms with Crippen molar-refractivity contribution in [2.45, 2.75) is 39.5 Å². The van der Waals surface area contributed by atoms with E-state index in [0.717, 1.165) is 12.8 Å². The summed E-state index contributed by atoms with van der Waals surface area (Å²) in [5.41, 5.74) is 0. The van der Waals surface area contributed by atoms with E-state index in [-0.39, 0.29) is 6.54 Å². The van der Waals surface area contributed by atoms with Crippen molar-refractivity contribution in [1.82, 2.24) is 9.03 Å². The van der Waals surface area contributed by atoms with Crippen LogP contribution in [-0.4, -0.2) is 43.9 Å². The maximum absolute atomic E-state index is 11.7. The quantitative estimate of drug-likeness (QED) is 0.586. The number of nitrogens with one attached hydrogen (secondary N) is 1. The molecule has 0 spiro atoms. The molecule has 0 aromatic rings. The maximum Gasteiger partial charge on any atom is 0.306 e. The van der Waals surface area contributed by atoms with Gasteiger partial charge in [0.05, 0.1) is 5.92 Å². The van der Waals surface area contributed by atoms with Crippen LogP contribution in [0.3, 0.4) is 0 Å². The number of hydrogen-bond acceptors (Lipinski definition) is 3. The smallest absolute Gasteiger partial charge is 0.306 e. The number of nitrogens with zero attached hydrogens (tertiary/aromatic N) is 1. The van der Waals surface area contributed by atoms with Crippen LogP contribution in [-0.2, 0) is 15.0 Å². The highest BCUT2D eigenvalue weighted by Gasteiger charge is 2.16. The molecule has 1 unspecified atom stereocenters. The molecule has 0 aromatic heterocycles. The van der Waals surface area contributed by atoms with E-state index in [9.17, 15) is 13.2 Å². The third kappa shape index (κ3) is 6.93. The van der Waals surface area contributed by atoms with E-state index >= 15 is 0 Å². The lowest BCUT2D eigenvalue weighted by Crippen LogP contribution is -2.39. The summed E-state index contributed by atoms with van der Waals surface area (Å²) in [6, 6.07) is 0. The van der Waals surface area contributed by atoms with Crippen molar-refractivity contribution in [2.75, 3.05) is 20.1 Å². The van der Waals surface area contributed by atoms with Crippen LogP contribution >= 0.6 is 0 Å². The Morgan fingerprint density at radius 2 is 2.00 bits per heavy atom. The lowest BCUT2D eigenvalue weighted by molar-refractivity contribution is -0.141. The van der Waals surface area contributed by atoms with Crippen LogP contribution in [0.25, 0.3) is 0 Å². The Morgan fingerprint density at radius 3 is 2.50 bits per heavy atom. The Bertz CT molecular complexity index is 343. The van der Waals surface area contributed by atoms with Crippen molar-refractivity contribution in [2.24, 2.45) is 5.92 Å². The predicted octanol–water partition coefficient (Wildman–Crippen LogP) is 1.05. The van der Waals surface area contributed by atoms with Gasteiger partial charge >= 0.3 is 5.97 Å². The Labute approximate surface area is 110 Å². The molecular weight excluding hydrogens is 256 g/mol. The summed E-state index contributed by atoms with van der Waals surface area (Å²) in [5.74, 6) is -1.29. The first-order valence-corrected chi connectivity index (χ1v) is 7.69. The topological polar surface area (TPSA) is 86.7 Å². The standard InChI is InChI=1S/C11H24N2O4S/c1-4-5-9-13(3)18(16,17)12-8-6-7-10(2)11(14)15/h10,12H,4-9H2,1-3H3,(H,14,15). The molecular formula is C11H24N2O4S. The van der Waals surface area contributed by atoms with Crippen LogP contribution in [0.2, 0.25) is 0 Å². The molecule has 6 nitrogen and oxygen atoms in total. The van der Waals surface area contributed by atoms with Crippen molar-refractivity contribution in [3.63, 3.8) is 0 Å². The second-order valence-corrected chi connectivity index (χ2v) is 6.32. The molecule has 7 heteroatoms. The number of carboxylic acid groups (broad SMARTS) is 1. The van der Waals surface area contributed by atoms with Gasteiger partial charge in [-0.1, -0.05) is 20.3 Å². The highest BCUT2D eigenvalue weighted by molar-refractivity contribution is 7.87. The molecule has 0 aromatic carbocycles. The second-order valence-electron chi connectivity index (χ2n) is 4.46. The van der Waals surface area contributed by atoms with Crippen LogP contribution < -0.4 is 4.72 Å². The zero-order chi connectivity index (χ0) is 14.2. The highest BCUT2D eigenvalue weighted by atomic mass is 32.2. The number of unbranched alkanes of at least 4 members (excludes halogenated alkanes) is 1. The van der Waals surface area contributed by atoms with Crippen molar-refractivity contribution in [3.05, 3.63) is 0 Å². The third-order valence-corrected chi connectivity index (χ3v) is 4.33. The lowest BCUT2D eigenvalue weighted by Gasteiger charge is -2.17. The summed E-state index contributed by atoms with van der Waals surface area (Å²) in [4.78, 5) is 10.6. The molecule has 2 N–H and O–H groups in total. The Kier molecular flexibility index (Phi) is 8.13. The first-order chi connectivity index (χ1) is 8.31. The third-order valence-electron chi connectivity index (χ3n) is 2.76. The van der Waals surface area contributed by atoms with Gasteiger partial charge in [-0.15, -0.1) is 0 Å². The Balaban J connectivity index is 3.94. The van der Waals surface area contributed by atoms with Gasteiger partial charge in [-0.05, 0) is 19.3 Å². The van der Waals surface area contributed by atoms with Gasteiger partial charge in [0, 0.05) is 20.1 Å². The van der Waals surface area contributed by atoms with Crippen molar-refractivity contribution < 1.29 is 18.3 Å². The van der Waals surface area contributed by atoms with E-state index in [4.69, 9.17) is 5.11 Å². The highest BCUT2D eigenvalue weighted by Crippen LogP contribution is 2.05. The number of hydrogen-bond donors (Lipinski definition) is 2. The summed E-state index contributed by atoms with van der Waals surface area (Å²) in [6.07, 6.45) is 2.76. The molecule has 0 aliphatic heterocycles. The van der Waals surface area contributed by atoms with Crippen molar-refractivity contribution in [3.8, 4) is 0 Å². The SMILES string of the molecule is CCCCN(C)S(=O)(=O)NCCCC(C)C(=O)O. The molecule has 0 heterocycles. The van der Waals surface area contributed by atoms with E-state index in [1.807, 2.05) is 6.92 Å². The molecule has 0 saturated carbocycles. The van der Waals surface area contributed by atoms with Gasteiger partial charge in [-0.3, -0.25) is 4.79 Å². The van der Waals surface area contributed by atoms with E-state index < -0.39 is 22.1 Å². The van der Waals surface area contributed by atoms with E-state index in [2.05, 4.69) is 4.72 Å². The normalized spacial score (nSPS) is 13.8. The monoisotopic (exact) mass is 280 g/mol. The molecule has 108 valence electrons. The molecule has 1 atom stereocenters. The Hall–Kier alpha value is -0.660. The van der Waals surface area contributed by atoms with Gasteiger partial charge in [0.25, 0.3) is 10.2 Å². The molecule has 18 heavy (non-hydrogen) atoms. The summed E-state index contributed by atoms with van der Waals surface area (Å²) >= 11 is 0. The average Bonchev–Trinajstić information content (AvgIpc) is 2.30. The molecule has 0 bridgehead atoms. The number of aliphatic carboxylic acids is 1. The number of carbonyl (C=O) groups is 1. The fraction of sp³-hybridized carbons (Fsp3) is 0.909. The zero-order valence-corrected chi connectivity index (χ0v) is 12.2. The van der Waals surface area contributed by atoms with Gasteiger partial charge < -0.3 is 5.11 Å². The minimum Gasteiger partial charge on any atom is -0.481 e. The lowest BCUT2D eigenvalue weighted by atomic mass is 10.1. The second kappa shape index (κ2) is 8.44. The Morgan fingerprint density at radius 1 is 1.39 bits per heavy atom. The molecule has 0 fully saturated rings. The molecule has 0 amide bonds. The van der Waals surface area contributed by atoms with Crippen LogP contribution in [0.4, 0.5) is 0 Å². The zero-order valence-electron chi connectivity index (χ0n) is 11.3. The van der Waals surface area contributed by atoms with Crippen molar-refractivity contribution >= 4 is 16.2 Å². The van der Waals surface area contributed by atoms with Crippen LogP contribution in [0.15, 0.2) is 0 Å². The number of rotatable bonds is 10. The van der Waals surface area contributed by atoms with Gasteiger partial charge in [-0.2, -0.15) is 12.7 Å². The predicted molar refractivity (Wildman–Crippen MR) is 70.5 cm³/mol. The molecule has 0 radical (unpaired) electrons. The maximum atomic E-state index is 11.7. The van der Waals surface area contributed by atoms with Gasteiger partial charge in [0.15, 0.2) is 0 Å². The summed E-state index contributed by atoms with van der Waals surface area (Å²) in [6.45, 7) is 4.39. The minimum atomic E-state index is -3.41. The first-order valence-electron chi connectivity index (χ1n) is 6.25. The average molecular weight is 280 g/mol. The number of carboxylic acids is 1. The molecule has 0 aliphatic carbocycles. The first kappa shape index (κ1) is 17.3. The fourth-order valence-corrected chi connectivity index (χ4v) is 2.34. The van der Waals surface area contributed by atoms with E-state index in [1.165, 1.54) is 11.4 Å². The fourth-order valence-electron chi connectivity index (χ4n) is 1.34. The van der Waals surface area contributed by atoms with E-state index in [0.29, 0.717) is 19.4 Å². The van der Waals surface area contributed by atoms with Crippen LogP contribution in [0, 0.1) is 5.92 Å². The summed E-state index contributed by atoms with van der Waals surface area (Å²) in [7, 11) is -1.88. The largest absolute Gasteiger partial charge is 0.481 e. The summed E-state index contributed by atoms with van der Waals surface area (Å²) < 4.78 is 27.2. The van der Waals surface area contributed by atoms with Crippen LogP contribution in [0.5, 0.6) is 0 Å². The van der Waals surface area contributed by atoms with Gasteiger partial charge in [0.1, 0.15) is 0 Å². The van der Waals surface area contributed by atoms with Crippen molar-refractivity contribution in [1.29, 1.82) is 0 Å². The van der Waals surface area contributed by atoms with Crippen LogP contribution in [0.1, 0.15) is 39.5 Å². The molecule has 0 saturated heterocycles. The molecule has 0 rings (SSSR count). The molecule has 0 aliphatic rings. The van der Waals surface area contributed by atoms with E-state index in [1.54, 1.807) is 6.92 Å².